The van der Waals surface area contributed by atoms with Gasteiger partial charge < -0.3 is 19.9 Å². The zero-order chi connectivity index (χ0) is 16.0. The van der Waals surface area contributed by atoms with Crippen molar-refractivity contribution in [2.24, 2.45) is 0 Å². The fourth-order valence-corrected chi connectivity index (χ4v) is 1.69. The van der Waals surface area contributed by atoms with Gasteiger partial charge in [0.15, 0.2) is 0 Å². The van der Waals surface area contributed by atoms with E-state index in [4.69, 9.17) is 4.74 Å². The number of esters is 1. The highest BCUT2D eigenvalue weighted by atomic mass is 16.6. The van der Waals surface area contributed by atoms with Crippen molar-refractivity contribution < 1.29 is 24.2 Å². The first-order chi connectivity index (χ1) is 9.73. The van der Waals surface area contributed by atoms with Crippen LogP contribution in [0.15, 0.2) is 24.3 Å². The van der Waals surface area contributed by atoms with Crippen LogP contribution >= 0.6 is 0 Å². The maximum atomic E-state index is 11.8. The fraction of sp³-hybridized carbons (Fsp3) is 0.467. The van der Waals surface area contributed by atoms with Crippen molar-refractivity contribution in [3.05, 3.63) is 29.8 Å². The van der Waals surface area contributed by atoms with Crippen molar-refractivity contribution in [3.63, 3.8) is 0 Å². The number of hydrogen-bond donors (Lipinski definition) is 2. The van der Waals surface area contributed by atoms with Gasteiger partial charge in [-0.1, -0.05) is 18.2 Å². The van der Waals surface area contributed by atoms with Crippen LogP contribution in [-0.2, 0) is 20.7 Å². The number of phenolic OH excluding ortho intramolecular Hbond substituents is 1. The van der Waals surface area contributed by atoms with E-state index in [1.165, 1.54) is 13.2 Å². The molecule has 0 aliphatic carbocycles. The van der Waals surface area contributed by atoms with Crippen LogP contribution < -0.4 is 5.32 Å². The number of benzene rings is 1. The van der Waals surface area contributed by atoms with Crippen LogP contribution in [-0.4, -0.2) is 35.9 Å². The molecule has 1 aromatic rings. The third kappa shape index (κ3) is 5.72. The van der Waals surface area contributed by atoms with E-state index in [1.807, 2.05) is 0 Å². The Labute approximate surface area is 124 Å². The van der Waals surface area contributed by atoms with Gasteiger partial charge >= 0.3 is 12.1 Å². The third-order valence-corrected chi connectivity index (χ3v) is 2.59. The van der Waals surface area contributed by atoms with E-state index in [-0.39, 0.29) is 12.2 Å². The quantitative estimate of drug-likeness (QED) is 0.830. The summed E-state index contributed by atoms with van der Waals surface area (Å²) in [7, 11) is 1.23. The smallest absolute Gasteiger partial charge is 0.408 e. The van der Waals surface area contributed by atoms with Crippen molar-refractivity contribution >= 4 is 12.1 Å². The Morgan fingerprint density at radius 2 is 1.90 bits per heavy atom. The maximum Gasteiger partial charge on any atom is 0.408 e. The average Bonchev–Trinajstić information content (AvgIpc) is 2.37. The molecule has 0 bridgehead atoms. The molecule has 116 valence electrons. The number of alkyl carbamates (subject to hydrolysis) is 1. The van der Waals surface area contributed by atoms with E-state index in [1.54, 1.807) is 39.0 Å². The normalized spacial score (nSPS) is 12.4. The lowest BCUT2D eigenvalue weighted by Crippen LogP contribution is -2.45. The molecule has 1 aromatic carbocycles. The second-order valence-electron chi connectivity index (χ2n) is 5.55. The lowest BCUT2D eigenvalue weighted by Gasteiger charge is -2.22. The van der Waals surface area contributed by atoms with Gasteiger partial charge in [0, 0.05) is 6.42 Å². The molecule has 1 unspecified atom stereocenters. The van der Waals surface area contributed by atoms with Gasteiger partial charge in [-0.25, -0.2) is 9.59 Å². The lowest BCUT2D eigenvalue weighted by atomic mass is 10.1. The summed E-state index contributed by atoms with van der Waals surface area (Å²) in [6, 6.07) is 5.65. The number of rotatable bonds is 4. The molecule has 1 amide bonds. The van der Waals surface area contributed by atoms with E-state index in [0.29, 0.717) is 5.56 Å². The van der Waals surface area contributed by atoms with Gasteiger partial charge in [0.1, 0.15) is 17.4 Å². The van der Waals surface area contributed by atoms with Gasteiger partial charge in [0.25, 0.3) is 0 Å². The number of aromatic hydroxyl groups is 1. The molecular weight excluding hydrogens is 274 g/mol. The predicted molar refractivity (Wildman–Crippen MR) is 77.0 cm³/mol. The monoisotopic (exact) mass is 295 g/mol. The molecule has 0 aromatic heterocycles. The molecule has 6 heteroatoms. The first-order valence-corrected chi connectivity index (χ1v) is 6.57. The Balaban J connectivity index is 2.80. The largest absolute Gasteiger partial charge is 0.508 e. The van der Waals surface area contributed by atoms with Crippen molar-refractivity contribution in [1.82, 2.24) is 5.32 Å². The summed E-state index contributed by atoms with van der Waals surface area (Å²) < 4.78 is 9.78. The highest BCUT2D eigenvalue weighted by molar-refractivity contribution is 5.81. The van der Waals surface area contributed by atoms with E-state index in [2.05, 4.69) is 10.1 Å². The summed E-state index contributed by atoms with van der Waals surface area (Å²) in [5, 5.41) is 12.2. The number of ether oxygens (including phenoxy) is 2. The van der Waals surface area contributed by atoms with Gasteiger partial charge in [0.2, 0.25) is 0 Å². The van der Waals surface area contributed by atoms with Gasteiger partial charge in [-0.05, 0) is 32.4 Å². The molecule has 0 fully saturated rings. The van der Waals surface area contributed by atoms with Crippen LogP contribution in [0.1, 0.15) is 26.3 Å². The van der Waals surface area contributed by atoms with E-state index in [9.17, 15) is 14.7 Å². The molecule has 2 N–H and O–H groups in total. The number of amides is 1. The zero-order valence-electron chi connectivity index (χ0n) is 12.7. The summed E-state index contributed by atoms with van der Waals surface area (Å²) in [5.74, 6) is -0.554. The summed E-state index contributed by atoms with van der Waals surface area (Å²) in [4.78, 5) is 23.5. The molecule has 0 aliphatic heterocycles. The molecule has 0 spiro atoms. The molecule has 0 saturated heterocycles. The number of methoxy groups -OCH3 is 1. The summed E-state index contributed by atoms with van der Waals surface area (Å²) in [6.07, 6.45) is -0.605. The summed E-state index contributed by atoms with van der Waals surface area (Å²) in [5.41, 5.74) is -0.136. The molecule has 1 rings (SSSR count). The number of phenols is 1. The minimum Gasteiger partial charge on any atom is -0.508 e. The van der Waals surface area contributed by atoms with Gasteiger partial charge in [-0.3, -0.25) is 0 Å². The number of hydrogen-bond acceptors (Lipinski definition) is 5. The van der Waals surface area contributed by atoms with E-state index in [0.717, 1.165) is 0 Å². The van der Waals surface area contributed by atoms with Crippen molar-refractivity contribution in [2.75, 3.05) is 7.11 Å². The zero-order valence-corrected chi connectivity index (χ0v) is 12.7. The fourth-order valence-electron chi connectivity index (χ4n) is 1.69. The standard InChI is InChI=1S/C15H21NO5/c1-15(2,3)21-14(19)16-11(13(18)20-4)9-10-7-5-6-8-12(10)17/h5-8,11,17H,9H2,1-4H3,(H,16,19). The molecule has 21 heavy (non-hydrogen) atoms. The number of para-hydroxylation sites is 1. The molecule has 0 heterocycles. The molecule has 0 saturated carbocycles. The van der Waals surface area contributed by atoms with Crippen LogP contribution in [0.2, 0.25) is 0 Å². The predicted octanol–water partition coefficient (Wildman–Crippen LogP) is 2.00. The minimum absolute atomic E-state index is 0.0531. The average molecular weight is 295 g/mol. The lowest BCUT2D eigenvalue weighted by molar-refractivity contribution is -0.143. The van der Waals surface area contributed by atoms with Crippen LogP contribution in [0.25, 0.3) is 0 Å². The van der Waals surface area contributed by atoms with Crippen LogP contribution in [0.5, 0.6) is 5.75 Å². The van der Waals surface area contributed by atoms with Crippen molar-refractivity contribution in [3.8, 4) is 5.75 Å². The Hall–Kier alpha value is -2.24. The van der Waals surface area contributed by atoms with Crippen molar-refractivity contribution in [1.29, 1.82) is 0 Å². The number of carbonyl (C=O) groups excluding carboxylic acids is 2. The highest BCUT2D eigenvalue weighted by Crippen LogP contribution is 2.18. The van der Waals surface area contributed by atoms with E-state index >= 15 is 0 Å². The second-order valence-corrected chi connectivity index (χ2v) is 5.55. The first kappa shape index (κ1) is 16.8. The Morgan fingerprint density at radius 3 is 2.43 bits per heavy atom. The maximum absolute atomic E-state index is 11.8. The van der Waals surface area contributed by atoms with E-state index < -0.39 is 23.7 Å². The number of nitrogens with one attached hydrogen (secondary N) is 1. The SMILES string of the molecule is COC(=O)C(Cc1ccccc1O)NC(=O)OC(C)(C)C. The third-order valence-electron chi connectivity index (χ3n) is 2.59. The van der Waals surface area contributed by atoms with Gasteiger partial charge in [-0.15, -0.1) is 0 Å². The molecular formula is C15H21NO5. The Kier molecular flexibility index (Phi) is 5.58. The Bertz CT molecular complexity index is 507. The first-order valence-electron chi connectivity index (χ1n) is 6.57. The number of carbonyl (C=O) groups is 2. The summed E-state index contributed by atoms with van der Waals surface area (Å²) in [6.45, 7) is 5.17. The molecule has 1 atom stereocenters. The summed E-state index contributed by atoms with van der Waals surface area (Å²) >= 11 is 0. The van der Waals surface area contributed by atoms with Gasteiger partial charge in [0.05, 0.1) is 7.11 Å². The van der Waals surface area contributed by atoms with Crippen LogP contribution in [0.4, 0.5) is 4.79 Å². The van der Waals surface area contributed by atoms with Crippen LogP contribution in [0.3, 0.4) is 0 Å². The van der Waals surface area contributed by atoms with Crippen molar-refractivity contribution in [2.45, 2.75) is 38.8 Å². The Morgan fingerprint density at radius 1 is 1.29 bits per heavy atom. The van der Waals surface area contributed by atoms with Crippen LogP contribution in [0, 0.1) is 0 Å². The van der Waals surface area contributed by atoms with Gasteiger partial charge in [-0.2, -0.15) is 0 Å². The highest BCUT2D eigenvalue weighted by Gasteiger charge is 2.25. The topological polar surface area (TPSA) is 84.9 Å². The second kappa shape index (κ2) is 6.97. The molecule has 0 radical (unpaired) electrons. The molecule has 6 nitrogen and oxygen atoms in total. The molecule has 0 aliphatic rings. The minimum atomic E-state index is -0.932.